The Balaban J connectivity index is 1.60. The summed E-state index contributed by atoms with van der Waals surface area (Å²) in [5, 5.41) is 21.1. The van der Waals surface area contributed by atoms with Crippen molar-refractivity contribution in [3.8, 4) is 22.9 Å². The largest absolute Gasteiger partial charge is 0.508 e. The number of nitrogen functional groups attached to an aromatic ring is 1. The fraction of sp³-hybridized carbons (Fsp3) is 0.0833. The number of nitrogens with two attached hydrogens (primary N) is 1. The zero-order valence-electron chi connectivity index (χ0n) is 15.6. The van der Waals surface area contributed by atoms with Gasteiger partial charge in [-0.2, -0.15) is 5.26 Å². The highest BCUT2D eigenvalue weighted by molar-refractivity contribution is 7.13. The van der Waals surface area contributed by atoms with Gasteiger partial charge in [0, 0.05) is 11.3 Å². The Bertz CT molecular complexity index is 1140. The lowest BCUT2D eigenvalue weighted by Crippen LogP contribution is -2.06. The van der Waals surface area contributed by atoms with Crippen LogP contribution in [-0.4, -0.2) is 10.1 Å². The standard InChI is InChI=1S/C24H19N3OS/c25-14-17-3-7-19(8-4-17)18-5-1-16(2-6-18)13-22(23-15-29-24(26)27-23)20-9-11-21(28)12-10-20/h1-12,15,22,28H,13H2,(H2,26,27)/t22-/m0/s1. The maximum absolute atomic E-state index is 9.62. The summed E-state index contributed by atoms with van der Waals surface area (Å²) in [4.78, 5) is 4.49. The Hall–Kier alpha value is -3.62. The molecule has 29 heavy (non-hydrogen) atoms. The molecule has 5 heteroatoms. The van der Waals surface area contributed by atoms with Gasteiger partial charge in [0.25, 0.3) is 0 Å². The Labute approximate surface area is 173 Å². The molecule has 0 spiro atoms. The third kappa shape index (κ3) is 4.29. The van der Waals surface area contributed by atoms with Crippen molar-refractivity contribution in [2.24, 2.45) is 0 Å². The molecule has 142 valence electrons. The molecule has 1 aromatic heterocycles. The molecule has 0 saturated carbocycles. The minimum absolute atomic E-state index is 0.0601. The minimum Gasteiger partial charge on any atom is -0.508 e. The first-order chi connectivity index (χ1) is 14.1. The number of nitriles is 1. The third-order valence-corrected chi connectivity index (χ3v) is 5.63. The molecule has 3 N–H and O–H groups in total. The normalized spacial score (nSPS) is 11.7. The van der Waals surface area contributed by atoms with E-state index in [0.717, 1.165) is 28.8 Å². The number of phenols is 1. The van der Waals surface area contributed by atoms with E-state index in [1.807, 2.05) is 41.8 Å². The summed E-state index contributed by atoms with van der Waals surface area (Å²) in [6.45, 7) is 0. The lowest BCUT2D eigenvalue weighted by Gasteiger charge is -2.16. The molecule has 0 aliphatic carbocycles. The van der Waals surface area contributed by atoms with Gasteiger partial charge in [0.1, 0.15) is 5.75 Å². The number of aromatic nitrogens is 1. The second kappa shape index (κ2) is 8.17. The zero-order chi connectivity index (χ0) is 20.2. The van der Waals surface area contributed by atoms with Crippen molar-refractivity contribution in [2.45, 2.75) is 12.3 Å². The molecule has 0 saturated heterocycles. The second-order valence-electron chi connectivity index (χ2n) is 6.84. The van der Waals surface area contributed by atoms with E-state index in [1.54, 1.807) is 12.1 Å². The molecule has 4 aromatic rings. The first-order valence-corrected chi connectivity index (χ1v) is 10.1. The topological polar surface area (TPSA) is 82.9 Å². The Morgan fingerprint density at radius 3 is 2.10 bits per heavy atom. The highest BCUT2D eigenvalue weighted by atomic mass is 32.1. The average Bonchev–Trinajstić information content (AvgIpc) is 3.19. The number of benzene rings is 3. The van der Waals surface area contributed by atoms with Crippen LogP contribution in [0.4, 0.5) is 5.13 Å². The molecule has 1 heterocycles. The number of rotatable bonds is 5. The molecule has 0 unspecified atom stereocenters. The number of hydrogen-bond acceptors (Lipinski definition) is 5. The van der Waals surface area contributed by atoms with Crippen LogP contribution in [0.2, 0.25) is 0 Å². The van der Waals surface area contributed by atoms with E-state index in [9.17, 15) is 5.11 Å². The Morgan fingerprint density at radius 1 is 0.931 bits per heavy atom. The number of hydrogen-bond donors (Lipinski definition) is 2. The molecule has 0 bridgehead atoms. The van der Waals surface area contributed by atoms with Gasteiger partial charge < -0.3 is 10.8 Å². The summed E-state index contributed by atoms with van der Waals surface area (Å²) in [6.07, 6.45) is 0.779. The van der Waals surface area contributed by atoms with Crippen LogP contribution in [0.15, 0.2) is 78.2 Å². The van der Waals surface area contributed by atoms with E-state index in [-0.39, 0.29) is 11.7 Å². The highest BCUT2D eigenvalue weighted by Crippen LogP contribution is 2.32. The first kappa shape index (κ1) is 18.7. The summed E-state index contributed by atoms with van der Waals surface area (Å²) in [5.74, 6) is 0.307. The van der Waals surface area contributed by atoms with E-state index in [1.165, 1.54) is 16.9 Å². The molecule has 0 radical (unpaired) electrons. The highest BCUT2D eigenvalue weighted by Gasteiger charge is 2.18. The molecule has 4 rings (SSSR count). The molecular weight excluding hydrogens is 378 g/mol. The van der Waals surface area contributed by atoms with E-state index < -0.39 is 0 Å². The number of nitrogens with zero attached hydrogens (tertiary/aromatic N) is 2. The van der Waals surface area contributed by atoms with Gasteiger partial charge >= 0.3 is 0 Å². The molecule has 0 amide bonds. The van der Waals surface area contributed by atoms with Gasteiger partial charge in [-0.25, -0.2) is 4.98 Å². The van der Waals surface area contributed by atoms with Gasteiger partial charge in [-0.05, 0) is 52.9 Å². The molecule has 3 aromatic carbocycles. The van der Waals surface area contributed by atoms with Crippen LogP contribution in [0.25, 0.3) is 11.1 Å². The van der Waals surface area contributed by atoms with Crippen molar-refractivity contribution in [1.82, 2.24) is 4.98 Å². The number of phenolic OH excluding ortho intramolecular Hbond substituents is 1. The van der Waals surface area contributed by atoms with Gasteiger partial charge in [0.15, 0.2) is 5.13 Å². The van der Waals surface area contributed by atoms with Crippen LogP contribution in [0, 0.1) is 11.3 Å². The van der Waals surface area contributed by atoms with Crippen LogP contribution in [0.1, 0.15) is 28.3 Å². The summed E-state index contributed by atoms with van der Waals surface area (Å²) in [6, 6.07) is 25.4. The van der Waals surface area contributed by atoms with Crippen molar-refractivity contribution in [3.63, 3.8) is 0 Å². The summed E-state index contributed by atoms with van der Waals surface area (Å²) in [5.41, 5.74) is 11.9. The Morgan fingerprint density at radius 2 is 1.55 bits per heavy atom. The summed E-state index contributed by atoms with van der Waals surface area (Å²) in [7, 11) is 0. The van der Waals surface area contributed by atoms with E-state index in [2.05, 4.69) is 35.3 Å². The van der Waals surface area contributed by atoms with Gasteiger partial charge in [-0.3, -0.25) is 0 Å². The van der Waals surface area contributed by atoms with E-state index >= 15 is 0 Å². The average molecular weight is 398 g/mol. The molecular formula is C24H19N3OS. The fourth-order valence-corrected chi connectivity index (χ4v) is 3.98. The van der Waals surface area contributed by atoms with Crippen LogP contribution in [0.5, 0.6) is 5.75 Å². The van der Waals surface area contributed by atoms with Gasteiger partial charge in [0.05, 0.1) is 17.3 Å². The van der Waals surface area contributed by atoms with Gasteiger partial charge in [-0.15, -0.1) is 11.3 Å². The number of aromatic hydroxyl groups is 1. The second-order valence-corrected chi connectivity index (χ2v) is 7.73. The molecule has 0 fully saturated rings. The summed E-state index contributed by atoms with van der Waals surface area (Å²) < 4.78 is 0. The van der Waals surface area contributed by atoms with Crippen LogP contribution < -0.4 is 5.73 Å². The van der Waals surface area contributed by atoms with Gasteiger partial charge in [0.2, 0.25) is 0 Å². The number of anilines is 1. The molecule has 0 aliphatic rings. The third-order valence-electron chi connectivity index (χ3n) is 4.93. The molecule has 1 atom stereocenters. The van der Waals surface area contributed by atoms with E-state index in [0.29, 0.717) is 10.7 Å². The van der Waals surface area contributed by atoms with E-state index in [4.69, 9.17) is 11.0 Å². The van der Waals surface area contributed by atoms with Crippen LogP contribution >= 0.6 is 11.3 Å². The predicted molar refractivity (Wildman–Crippen MR) is 117 cm³/mol. The van der Waals surface area contributed by atoms with Crippen molar-refractivity contribution >= 4 is 16.5 Å². The van der Waals surface area contributed by atoms with Gasteiger partial charge in [-0.1, -0.05) is 48.5 Å². The van der Waals surface area contributed by atoms with Crippen molar-refractivity contribution < 1.29 is 5.11 Å². The van der Waals surface area contributed by atoms with Crippen LogP contribution in [-0.2, 0) is 6.42 Å². The maximum atomic E-state index is 9.62. The molecule has 4 nitrogen and oxygen atoms in total. The lowest BCUT2D eigenvalue weighted by atomic mass is 9.89. The minimum atomic E-state index is 0.0601. The summed E-state index contributed by atoms with van der Waals surface area (Å²) >= 11 is 1.44. The number of thiazole rings is 1. The van der Waals surface area contributed by atoms with Crippen molar-refractivity contribution in [1.29, 1.82) is 5.26 Å². The quantitative estimate of drug-likeness (QED) is 0.476. The molecule has 0 aliphatic heterocycles. The van der Waals surface area contributed by atoms with Crippen molar-refractivity contribution in [2.75, 3.05) is 5.73 Å². The van der Waals surface area contributed by atoms with Crippen molar-refractivity contribution in [3.05, 3.63) is 101 Å². The zero-order valence-corrected chi connectivity index (χ0v) is 16.4. The first-order valence-electron chi connectivity index (χ1n) is 9.21. The van der Waals surface area contributed by atoms with Crippen LogP contribution in [0.3, 0.4) is 0 Å². The maximum Gasteiger partial charge on any atom is 0.180 e. The smallest absolute Gasteiger partial charge is 0.180 e. The predicted octanol–water partition coefficient (Wildman–Crippen LogP) is 5.34. The fourth-order valence-electron chi connectivity index (χ4n) is 3.37. The SMILES string of the molecule is N#Cc1ccc(-c2ccc(C[C@@H](c3ccc(O)cc3)c3csc(N)n3)cc2)cc1. The Kier molecular flexibility index (Phi) is 5.28. The lowest BCUT2D eigenvalue weighted by molar-refractivity contribution is 0.475. The monoisotopic (exact) mass is 397 g/mol.